The van der Waals surface area contributed by atoms with Gasteiger partial charge in [-0.05, 0) is 26.7 Å². The second kappa shape index (κ2) is 2.61. The van der Waals surface area contributed by atoms with Crippen LogP contribution in [0, 0.1) is 10.8 Å². The first-order valence-electron chi connectivity index (χ1n) is 4.31. The molecule has 1 aliphatic rings. The topological polar surface area (TPSA) is 37.3 Å². The molecule has 0 bridgehead atoms. The van der Waals surface area contributed by atoms with Crippen molar-refractivity contribution in [3.63, 3.8) is 0 Å². The molecule has 12 heavy (non-hydrogen) atoms. The van der Waals surface area contributed by atoms with Gasteiger partial charge in [-0.1, -0.05) is 19.1 Å². The van der Waals surface area contributed by atoms with Crippen molar-refractivity contribution >= 4 is 5.97 Å². The quantitative estimate of drug-likeness (QED) is 0.643. The fourth-order valence-electron chi connectivity index (χ4n) is 1.58. The SMILES string of the molecule is CC(C)(C(=O)O)[C@@]1(C)C=CCC1. The van der Waals surface area contributed by atoms with Gasteiger partial charge < -0.3 is 5.11 Å². The maximum atomic E-state index is 11.0. The first kappa shape index (κ1) is 9.30. The van der Waals surface area contributed by atoms with Crippen molar-refractivity contribution in [3.8, 4) is 0 Å². The molecule has 0 heterocycles. The normalized spacial score (nSPS) is 29.2. The predicted octanol–water partition coefficient (Wildman–Crippen LogP) is 2.45. The Morgan fingerprint density at radius 1 is 1.58 bits per heavy atom. The van der Waals surface area contributed by atoms with E-state index >= 15 is 0 Å². The maximum Gasteiger partial charge on any atom is 0.309 e. The standard InChI is InChI=1S/C10H16O2/c1-9(2,8(11)12)10(3)6-4-5-7-10/h4,6H,5,7H2,1-3H3,(H,11,12)/t10-/m0/s1. The molecule has 2 heteroatoms. The highest BCUT2D eigenvalue weighted by atomic mass is 16.4. The zero-order chi connectivity index (χ0) is 9.41. The number of hydrogen-bond donors (Lipinski definition) is 1. The van der Waals surface area contributed by atoms with E-state index in [0.717, 1.165) is 12.8 Å². The maximum absolute atomic E-state index is 11.0. The molecule has 0 saturated heterocycles. The second-order valence-electron chi connectivity index (χ2n) is 4.29. The molecule has 0 aromatic carbocycles. The number of allylic oxidation sites excluding steroid dienone is 2. The van der Waals surface area contributed by atoms with Crippen LogP contribution in [-0.4, -0.2) is 11.1 Å². The number of carboxylic acids is 1. The summed E-state index contributed by atoms with van der Waals surface area (Å²) in [5, 5.41) is 9.03. The zero-order valence-electron chi connectivity index (χ0n) is 7.92. The Morgan fingerprint density at radius 3 is 2.50 bits per heavy atom. The van der Waals surface area contributed by atoms with Gasteiger partial charge in [0.15, 0.2) is 0 Å². The van der Waals surface area contributed by atoms with Crippen LogP contribution < -0.4 is 0 Å². The van der Waals surface area contributed by atoms with Gasteiger partial charge in [-0.2, -0.15) is 0 Å². The fourth-order valence-corrected chi connectivity index (χ4v) is 1.58. The van der Waals surface area contributed by atoms with Crippen LogP contribution in [-0.2, 0) is 4.79 Å². The summed E-state index contributed by atoms with van der Waals surface area (Å²) in [4.78, 5) is 11.0. The monoisotopic (exact) mass is 168 g/mol. The fraction of sp³-hybridized carbons (Fsp3) is 0.700. The Hall–Kier alpha value is -0.790. The minimum Gasteiger partial charge on any atom is -0.481 e. The highest BCUT2D eigenvalue weighted by molar-refractivity contribution is 5.75. The van der Waals surface area contributed by atoms with Gasteiger partial charge in [0.1, 0.15) is 0 Å². The summed E-state index contributed by atoms with van der Waals surface area (Å²) in [7, 11) is 0. The van der Waals surface area contributed by atoms with Crippen LogP contribution in [0.4, 0.5) is 0 Å². The van der Waals surface area contributed by atoms with Crippen LogP contribution in [0.2, 0.25) is 0 Å². The Morgan fingerprint density at radius 2 is 2.17 bits per heavy atom. The molecule has 0 spiro atoms. The highest BCUT2D eigenvalue weighted by Crippen LogP contribution is 2.47. The minimum atomic E-state index is -0.712. The van der Waals surface area contributed by atoms with Crippen LogP contribution in [0.3, 0.4) is 0 Å². The van der Waals surface area contributed by atoms with E-state index in [2.05, 4.69) is 6.08 Å². The van der Waals surface area contributed by atoms with E-state index in [9.17, 15) is 4.79 Å². The second-order valence-corrected chi connectivity index (χ2v) is 4.29. The van der Waals surface area contributed by atoms with E-state index in [4.69, 9.17) is 5.11 Å². The molecule has 0 radical (unpaired) electrons. The molecule has 0 aromatic rings. The van der Waals surface area contributed by atoms with Gasteiger partial charge in [0.05, 0.1) is 5.41 Å². The van der Waals surface area contributed by atoms with Gasteiger partial charge in [0.2, 0.25) is 0 Å². The van der Waals surface area contributed by atoms with Crippen LogP contribution >= 0.6 is 0 Å². The molecule has 1 atom stereocenters. The van der Waals surface area contributed by atoms with Crippen molar-refractivity contribution < 1.29 is 9.90 Å². The van der Waals surface area contributed by atoms with Crippen molar-refractivity contribution in [2.75, 3.05) is 0 Å². The predicted molar refractivity (Wildman–Crippen MR) is 47.9 cm³/mol. The van der Waals surface area contributed by atoms with E-state index < -0.39 is 11.4 Å². The summed E-state index contributed by atoms with van der Waals surface area (Å²) < 4.78 is 0. The van der Waals surface area contributed by atoms with E-state index in [1.165, 1.54) is 0 Å². The molecular weight excluding hydrogens is 152 g/mol. The minimum absolute atomic E-state index is 0.168. The van der Waals surface area contributed by atoms with E-state index in [1.54, 1.807) is 13.8 Å². The molecule has 0 aromatic heterocycles. The summed E-state index contributed by atoms with van der Waals surface area (Å²) in [6, 6.07) is 0. The van der Waals surface area contributed by atoms with Crippen molar-refractivity contribution in [2.24, 2.45) is 10.8 Å². The summed E-state index contributed by atoms with van der Waals surface area (Å²) in [6.07, 6.45) is 6.07. The largest absolute Gasteiger partial charge is 0.481 e. The third kappa shape index (κ3) is 1.15. The van der Waals surface area contributed by atoms with Crippen LogP contribution in [0.5, 0.6) is 0 Å². The Labute approximate surface area is 73.3 Å². The van der Waals surface area contributed by atoms with Gasteiger partial charge in [-0.25, -0.2) is 0 Å². The number of aliphatic carboxylic acids is 1. The van der Waals surface area contributed by atoms with Crippen molar-refractivity contribution in [1.82, 2.24) is 0 Å². The van der Waals surface area contributed by atoms with Crippen molar-refractivity contribution in [2.45, 2.75) is 33.6 Å². The molecule has 0 amide bonds. The summed E-state index contributed by atoms with van der Waals surface area (Å²) >= 11 is 0. The molecular formula is C10H16O2. The third-order valence-corrected chi connectivity index (χ3v) is 3.28. The van der Waals surface area contributed by atoms with Crippen molar-refractivity contribution in [3.05, 3.63) is 12.2 Å². The molecule has 0 fully saturated rings. The number of carbonyl (C=O) groups is 1. The molecule has 1 aliphatic carbocycles. The van der Waals surface area contributed by atoms with Gasteiger partial charge in [-0.15, -0.1) is 0 Å². The van der Waals surface area contributed by atoms with Gasteiger partial charge in [0.25, 0.3) is 0 Å². The number of rotatable bonds is 2. The van der Waals surface area contributed by atoms with E-state index in [-0.39, 0.29) is 5.41 Å². The van der Waals surface area contributed by atoms with Gasteiger partial charge in [-0.3, -0.25) is 4.79 Å². The van der Waals surface area contributed by atoms with Gasteiger partial charge >= 0.3 is 5.97 Å². The average Bonchev–Trinajstić information content (AvgIpc) is 2.37. The van der Waals surface area contributed by atoms with E-state index in [0.29, 0.717) is 0 Å². The number of carboxylic acid groups (broad SMARTS) is 1. The first-order valence-corrected chi connectivity index (χ1v) is 4.31. The Balaban J connectivity index is 2.94. The molecule has 1 N–H and O–H groups in total. The van der Waals surface area contributed by atoms with E-state index in [1.807, 2.05) is 13.0 Å². The molecule has 0 saturated carbocycles. The highest BCUT2D eigenvalue weighted by Gasteiger charge is 2.45. The first-order chi connectivity index (χ1) is 5.40. The lowest BCUT2D eigenvalue weighted by Gasteiger charge is -2.36. The summed E-state index contributed by atoms with van der Waals surface area (Å²) in [6.45, 7) is 5.61. The summed E-state index contributed by atoms with van der Waals surface area (Å²) in [5.41, 5.74) is -0.821. The smallest absolute Gasteiger partial charge is 0.309 e. The third-order valence-electron chi connectivity index (χ3n) is 3.28. The van der Waals surface area contributed by atoms with Crippen LogP contribution in [0.25, 0.3) is 0 Å². The number of hydrogen-bond acceptors (Lipinski definition) is 1. The average molecular weight is 168 g/mol. The molecule has 1 rings (SSSR count). The molecule has 68 valence electrons. The summed E-state index contributed by atoms with van der Waals surface area (Å²) in [5.74, 6) is -0.712. The Kier molecular flexibility index (Phi) is 2.02. The molecule has 2 nitrogen and oxygen atoms in total. The Bertz CT molecular complexity index is 225. The van der Waals surface area contributed by atoms with Crippen LogP contribution in [0.15, 0.2) is 12.2 Å². The lowest BCUT2D eigenvalue weighted by molar-refractivity contribution is -0.152. The van der Waals surface area contributed by atoms with Crippen molar-refractivity contribution in [1.29, 1.82) is 0 Å². The zero-order valence-corrected chi connectivity index (χ0v) is 7.92. The molecule has 0 unspecified atom stereocenters. The molecule has 0 aliphatic heterocycles. The van der Waals surface area contributed by atoms with Gasteiger partial charge in [0, 0.05) is 5.41 Å². The lowest BCUT2D eigenvalue weighted by Crippen LogP contribution is -2.39. The lowest BCUT2D eigenvalue weighted by atomic mass is 9.66. The van der Waals surface area contributed by atoms with Crippen LogP contribution in [0.1, 0.15) is 33.6 Å².